The van der Waals surface area contributed by atoms with Crippen LogP contribution in [-0.4, -0.2) is 35.7 Å². The molecule has 0 saturated heterocycles. The third-order valence-electron chi connectivity index (χ3n) is 2.81. The van der Waals surface area contributed by atoms with Crippen LogP contribution in [0.1, 0.15) is 25.5 Å². The molecule has 1 unspecified atom stereocenters. The predicted octanol–water partition coefficient (Wildman–Crippen LogP) is 2.05. The van der Waals surface area contributed by atoms with Crippen molar-refractivity contribution >= 4 is 6.03 Å². The average molecular weight is 272 g/mol. The molecule has 4 nitrogen and oxygen atoms in total. The molecule has 1 aromatic rings. The fourth-order valence-electron chi connectivity index (χ4n) is 1.73. The van der Waals surface area contributed by atoms with Crippen molar-refractivity contribution < 1.29 is 18.7 Å². The molecule has 0 spiro atoms. The molecule has 6 heteroatoms. The fourth-order valence-corrected chi connectivity index (χ4v) is 1.73. The molecule has 1 aromatic carbocycles. The van der Waals surface area contributed by atoms with Gasteiger partial charge in [0.2, 0.25) is 0 Å². The van der Waals surface area contributed by atoms with Crippen LogP contribution in [-0.2, 0) is 0 Å². The van der Waals surface area contributed by atoms with E-state index in [1.54, 1.807) is 13.8 Å². The van der Waals surface area contributed by atoms with Crippen molar-refractivity contribution in [2.75, 3.05) is 19.7 Å². The first-order valence-corrected chi connectivity index (χ1v) is 6.10. The largest absolute Gasteiger partial charge is 0.395 e. The number of amides is 2. The molecule has 0 saturated carbocycles. The number of halogens is 2. The van der Waals surface area contributed by atoms with Gasteiger partial charge in [-0.2, -0.15) is 0 Å². The summed E-state index contributed by atoms with van der Waals surface area (Å²) < 4.78 is 26.3. The molecule has 0 heterocycles. The monoisotopic (exact) mass is 272 g/mol. The van der Waals surface area contributed by atoms with Gasteiger partial charge in [-0.3, -0.25) is 0 Å². The van der Waals surface area contributed by atoms with Gasteiger partial charge in [0.1, 0.15) is 11.6 Å². The van der Waals surface area contributed by atoms with E-state index in [1.807, 2.05) is 0 Å². The van der Waals surface area contributed by atoms with Crippen molar-refractivity contribution in [1.29, 1.82) is 0 Å². The zero-order valence-electron chi connectivity index (χ0n) is 11.0. The Morgan fingerprint density at radius 1 is 1.47 bits per heavy atom. The number of benzene rings is 1. The third-order valence-corrected chi connectivity index (χ3v) is 2.81. The van der Waals surface area contributed by atoms with Gasteiger partial charge in [-0.05, 0) is 19.9 Å². The second-order valence-electron chi connectivity index (χ2n) is 4.14. The van der Waals surface area contributed by atoms with E-state index in [0.717, 1.165) is 12.1 Å². The lowest BCUT2D eigenvalue weighted by Crippen LogP contribution is -2.42. The molecule has 0 radical (unpaired) electrons. The van der Waals surface area contributed by atoms with Crippen molar-refractivity contribution in [3.05, 3.63) is 35.4 Å². The van der Waals surface area contributed by atoms with Crippen LogP contribution in [0.5, 0.6) is 0 Å². The number of hydrogen-bond acceptors (Lipinski definition) is 2. The van der Waals surface area contributed by atoms with Crippen molar-refractivity contribution in [3.63, 3.8) is 0 Å². The Morgan fingerprint density at radius 3 is 2.68 bits per heavy atom. The molecule has 2 N–H and O–H groups in total. The summed E-state index contributed by atoms with van der Waals surface area (Å²) in [5.74, 6) is -1.35. The van der Waals surface area contributed by atoms with E-state index < -0.39 is 23.7 Å². The summed E-state index contributed by atoms with van der Waals surface area (Å²) >= 11 is 0. The fraction of sp³-hybridized carbons (Fsp3) is 0.462. The molecule has 2 amide bonds. The number of rotatable bonds is 5. The molecule has 1 rings (SSSR count). The molecule has 19 heavy (non-hydrogen) atoms. The van der Waals surface area contributed by atoms with Gasteiger partial charge < -0.3 is 15.3 Å². The summed E-state index contributed by atoms with van der Waals surface area (Å²) in [4.78, 5) is 13.2. The molecule has 1 atom stereocenters. The molecule has 0 fully saturated rings. The van der Waals surface area contributed by atoms with Crippen LogP contribution in [0.3, 0.4) is 0 Å². The molecule has 0 aliphatic rings. The first kappa shape index (κ1) is 15.4. The standard InChI is InChI=1S/C13H18F2N2O2/c1-3-17(6-7-18)13(19)16-9(2)11-5-4-10(14)8-12(11)15/h4-5,8-9,18H,3,6-7H2,1-2H3,(H,16,19). The number of hydrogen-bond donors (Lipinski definition) is 2. The molecule has 0 aliphatic carbocycles. The van der Waals surface area contributed by atoms with Crippen molar-refractivity contribution in [3.8, 4) is 0 Å². The summed E-state index contributed by atoms with van der Waals surface area (Å²) in [7, 11) is 0. The van der Waals surface area contributed by atoms with Gasteiger partial charge in [0.25, 0.3) is 0 Å². The van der Waals surface area contributed by atoms with Crippen molar-refractivity contribution in [1.82, 2.24) is 10.2 Å². The SMILES string of the molecule is CCN(CCO)C(=O)NC(C)c1ccc(F)cc1F. The summed E-state index contributed by atoms with van der Waals surface area (Å²) in [6.45, 7) is 3.89. The third kappa shape index (κ3) is 4.17. The second kappa shape index (κ2) is 7.04. The van der Waals surface area contributed by atoms with E-state index in [4.69, 9.17) is 5.11 Å². The van der Waals surface area contributed by atoms with Crippen LogP contribution in [0, 0.1) is 11.6 Å². The molecule has 0 aromatic heterocycles. The quantitative estimate of drug-likeness (QED) is 0.862. The van der Waals surface area contributed by atoms with Crippen LogP contribution in [0.2, 0.25) is 0 Å². The van der Waals surface area contributed by atoms with E-state index in [0.29, 0.717) is 6.54 Å². The van der Waals surface area contributed by atoms with Gasteiger partial charge in [-0.15, -0.1) is 0 Å². The van der Waals surface area contributed by atoms with Crippen LogP contribution in [0.15, 0.2) is 18.2 Å². The Bertz CT molecular complexity index is 441. The van der Waals surface area contributed by atoms with Gasteiger partial charge in [-0.1, -0.05) is 6.07 Å². The number of aliphatic hydroxyl groups excluding tert-OH is 1. The minimum absolute atomic E-state index is 0.138. The van der Waals surface area contributed by atoms with Crippen LogP contribution < -0.4 is 5.32 Å². The van der Waals surface area contributed by atoms with Gasteiger partial charge in [-0.25, -0.2) is 13.6 Å². The van der Waals surface area contributed by atoms with E-state index in [2.05, 4.69) is 5.32 Å². The number of nitrogens with one attached hydrogen (secondary N) is 1. The van der Waals surface area contributed by atoms with Gasteiger partial charge >= 0.3 is 6.03 Å². The number of aliphatic hydroxyl groups is 1. The highest BCUT2D eigenvalue weighted by molar-refractivity contribution is 5.74. The summed E-state index contributed by atoms with van der Waals surface area (Å²) in [6, 6.07) is 2.25. The predicted molar refractivity (Wildman–Crippen MR) is 67.6 cm³/mol. The minimum Gasteiger partial charge on any atom is -0.395 e. The molecule has 0 bridgehead atoms. The van der Waals surface area contributed by atoms with Gasteiger partial charge in [0, 0.05) is 24.7 Å². The van der Waals surface area contributed by atoms with E-state index in [1.165, 1.54) is 11.0 Å². The maximum atomic E-state index is 13.5. The molecule has 0 aliphatic heterocycles. The Labute approximate surface area is 111 Å². The highest BCUT2D eigenvalue weighted by Gasteiger charge is 2.17. The lowest BCUT2D eigenvalue weighted by Gasteiger charge is -2.23. The van der Waals surface area contributed by atoms with Crippen LogP contribution >= 0.6 is 0 Å². The Kier molecular flexibility index (Phi) is 5.69. The van der Waals surface area contributed by atoms with Crippen LogP contribution in [0.25, 0.3) is 0 Å². The highest BCUT2D eigenvalue weighted by Crippen LogP contribution is 2.17. The topological polar surface area (TPSA) is 52.6 Å². The zero-order valence-corrected chi connectivity index (χ0v) is 11.0. The maximum Gasteiger partial charge on any atom is 0.317 e. The first-order valence-electron chi connectivity index (χ1n) is 6.10. The van der Waals surface area contributed by atoms with E-state index >= 15 is 0 Å². The summed E-state index contributed by atoms with van der Waals surface area (Å²) in [5.41, 5.74) is 0.217. The normalized spacial score (nSPS) is 12.1. The smallest absolute Gasteiger partial charge is 0.317 e. The molecular formula is C13H18F2N2O2. The summed E-state index contributed by atoms with van der Waals surface area (Å²) in [6.07, 6.45) is 0. The van der Waals surface area contributed by atoms with E-state index in [9.17, 15) is 13.6 Å². The van der Waals surface area contributed by atoms with Crippen molar-refractivity contribution in [2.24, 2.45) is 0 Å². The first-order chi connectivity index (χ1) is 8.99. The lowest BCUT2D eigenvalue weighted by molar-refractivity contribution is 0.177. The van der Waals surface area contributed by atoms with Crippen molar-refractivity contribution in [2.45, 2.75) is 19.9 Å². The number of carbonyl (C=O) groups is 1. The Balaban J connectivity index is 2.73. The second-order valence-corrected chi connectivity index (χ2v) is 4.14. The summed E-state index contributed by atoms with van der Waals surface area (Å²) in [5, 5.41) is 11.4. The number of likely N-dealkylation sites (N-methyl/N-ethyl adjacent to an activating group) is 1. The van der Waals surface area contributed by atoms with Gasteiger partial charge in [0.05, 0.1) is 12.6 Å². The Morgan fingerprint density at radius 2 is 2.16 bits per heavy atom. The van der Waals surface area contributed by atoms with E-state index in [-0.39, 0.29) is 18.7 Å². The highest BCUT2D eigenvalue weighted by atomic mass is 19.1. The number of urea groups is 1. The molecular weight excluding hydrogens is 254 g/mol. The average Bonchev–Trinajstić information content (AvgIpc) is 2.35. The maximum absolute atomic E-state index is 13.5. The van der Waals surface area contributed by atoms with Crippen LogP contribution in [0.4, 0.5) is 13.6 Å². The lowest BCUT2D eigenvalue weighted by atomic mass is 10.1. The zero-order chi connectivity index (χ0) is 14.4. The van der Waals surface area contributed by atoms with Gasteiger partial charge in [0.15, 0.2) is 0 Å². The Hall–Kier alpha value is -1.69. The minimum atomic E-state index is -0.696. The number of nitrogens with zero attached hydrogens (tertiary/aromatic N) is 1. The number of carbonyl (C=O) groups excluding carboxylic acids is 1. The molecule has 106 valence electrons.